The number of aliphatic hydroxyl groups excluding tert-OH is 1. The summed E-state index contributed by atoms with van der Waals surface area (Å²) >= 11 is 1.55. The molecule has 230 valence electrons. The molecule has 5 aromatic rings. The van der Waals surface area contributed by atoms with Crippen LogP contribution in [0.25, 0.3) is 11.1 Å². The molecule has 0 spiro atoms. The van der Waals surface area contributed by atoms with E-state index in [-0.39, 0.29) is 30.6 Å². The number of nitrogens with one attached hydrogen (secondary N) is 1. The lowest BCUT2D eigenvalue weighted by Gasteiger charge is -2.41. The van der Waals surface area contributed by atoms with Gasteiger partial charge in [0.05, 0.1) is 24.4 Å². The van der Waals surface area contributed by atoms with E-state index in [2.05, 4.69) is 50.9 Å². The van der Waals surface area contributed by atoms with E-state index < -0.39 is 6.29 Å². The smallest absolute Gasteiger partial charge is 0.253 e. The number of carbonyl (C=O) groups excluding carboxylic acids is 1. The number of ether oxygens (including phenoxy) is 2. The number of hydrogen-bond donors (Lipinski definition) is 2. The summed E-state index contributed by atoms with van der Waals surface area (Å²) in [6.45, 7) is 2.51. The Kier molecular flexibility index (Phi) is 9.61. The zero-order valence-electron chi connectivity index (χ0n) is 25.0. The van der Waals surface area contributed by atoms with Gasteiger partial charge in [0.25, 0.3) is 5.91 Å². The highest BCUT2D eigenvalue weighted by atomic mass is 32.2. The average Bonchev–Trinajstić information content (AvgIpc) is 3.51. The van der Waals surface area contributed by atoms with Crippen LogP contribution in [0.15, 0.2) is 102 Å². The van der Waals surface area contributed by atoms with E-state index in [0.29, 0.717) is 17.9 Å². The van der Waals surface area contributed by atoms with Gasteiger partial charge < -0.3 is 19.9 Å². The highest BCUT2D eigenvalue weighted by Gasteiger charge is 2.38. The summed E-state index contributed by atoms with van der Waals surface area (Å²) < 4.78 is 14.9. The van der Waals surface area contributed by atoms with Gasteiger partial charge in [-0.2, -0.15) is 0 Å². The zero-order valence-corrected chi connectivity index (χ0v) is 25.8. The molecule has 1 fully saturated rings. The van der Waals surface area contributed by atoms with Crippen molar-refractivity contribution in [1.29, 1.82) is 0 Å². The van der Waals surface area contributed by atoms with Crippen LogP contribution in [-0.2, 0) is 29.7 Å². The second kappa shape index (κ2) is 14.1. The summed E-state index contributed by atoms with van der Waals surface area (Å²) in [5, 5.41) is 25.1. The molecule has 4 atom stereocenters. The van der Waals surface area contributed by atoms with Gasteiger partial charge in [-0.05, 0) is 50.4 Å². The van der Waals surface area contributed by atoms with Crippen molar-refractivity contribution in [3.8, 4) is 11.1 Å². The van der Waals surface area contributed by atoms with Crippen molar-refractivity contribution in [1.82, 2.24) is 30.5 Å². The van der Waals surface area contributed by atoms with Crippen molar-refractivity contribution in [2.45, 2.75) is 43.7 Å². The van der Waals surface area contributed by atoms with Crippen LogP contribution in [0, 0.1) is 5.92 Å². The Hall–Kier alpha value is -4.42. The van der Waals surface area contributed by atoms with E-state index in [0.717, 1.165) is 38.5 Å². The molecule has 45 heavy (non-hydrogen) atoms. The van der Waals surface area contributed by atoms with Crippen molar-refractivity contribution < 1.29 is 19.4 Å². The lowest BCUT2D eigenvalue weighted by Crippen LogP contribution is -2.38. The molecule has 0 unspecified atom stereocenters. The normalized spacial score (nSPS) is 19.7. The molecule has 0 radical (unpaired) electrons. The number of aliphatic hydroxyl groups is 1. The Labute approximate surface area is 265 Å². The fraction of sp³-hybridized carbons (Fsp3) is 0.265. The molecule has 3 heterocycles. The Balaban J connectivity index is 1.21. The SMILES string of the molecule is C[C@@H]1[C@H](CSc2nnnn2C)O[C@H](c2ccc(-c3ccccc3CNC(=O)c3cccnc3)cc2)O[C@@H]1c1ccc(CO)cc1. The summed E-state index contributed by atoms with van der Waals surface area (Å²) in [4.78, 5) is 16.7. The molecule has 1 amide bonds. The van der Waals surface area contributed by atoms with Crippen molar-refractivity contribution >= 4 is 17.7 Å². The number of tetrazole rings is 1. The van der Waals surface area contributed by atoms with Crippen molar-refractivity contribution in [2.75, 3.05) is 5.75 Å². The van der Waals surface area contributed by atoms with E-state index in [1.165, 1.54) is 0 Å². The fourth-order valence-corrected chi connectivity index (χ4v) is 6.37. The Bertz CT molecular complexity index is 1720. The van der Waals surface area contributed by atoms with E-state index in [4.69, 9.17) is 9.47 Å². The number of nitrogens with zero attached hydrogens (tertiary/aromatic N) is 5. The Morgan fingerprint density at radius 2 is 1.76 bits per heavy atom. The largest absolute Gasteiger partial charge is 0.392 e. The number of benzene rings is 3. The third-order valence-electron chi connectivity index (χ3n) is 7.96. The predicted octanol–water partition coefficient (Wildman–Crippen LogP) is 5.28. The lowest BCUT2D eigenvalue weighted by atomic mass is 9.91. The minimum atomic E-state index is -0.588. The van der Waals surface area contributed by atoms with Gasteiger partial charge in [-0.1, -0.05) is 91.5 Å². The average molecular weight is 623 g/mol. The highest BCUT2D eigenvalue weighted by Crippen LogP contribution is 2.43. The van der Waals surface area contributed by atoms with Crippen molar-refractivity contribution in [2.24, 2.45) is 13.0 Å². The molecular weight excluding hydrogens is 588 g/mol. The van der Waals surface area contributed by atoms with Gasteiger partial charge in [0.2, 0.25) is 5.16 Å². The molecule has 1 aliphatic heterocycles. The number of amides is 1. The Morgan fingerprint density at radius 3 is 2.47 bits per heavy atom. The first-order chi connectivity index (χ1) is 22.0. The van der Waals surface area contributed by atoms with Crippen LogP contribution >= 0.6 is 11.8 Å². The summed E-state index contributed by atoms with van der Waals surface area (Å²) in [6.07, 6.45) is 2.25. The minimum absolute atomic E-state index is 0.00948. The number of pyridine rings is 1. The highest BCUT2D eigenvalue weighted by molar-refractivity contribution is 7.99. The zero-order chi connectivity index (χ0) is 31.2. The number of aromatic nitrogens is 5. The van der Waals surface area contributed by atoms with Gasteiger partial charge >= 0.3 is 0 Å². The van der Waals surface area contributed by atoms with Gasteiger partial charge in [0.1, 0.15) is 0 Å². The maximum atomic E-state index is 12.6. The fourth-order valence-electron chi connectivity index (χ4n) is 5.36. The molecule has 3 aromatic carbocycles. The number of aryl methyl sites for hydroxylation is 1. The van der Waals surface area contributed by atoms with Gasteiger partial charge in [-0.25, -0.2) is 4.68 Å². The molecule has 2 N–H and O–H groups in total. The maximum absolute atomic E-state index is 12.6. The van der Waals surface area contributed by atoms with Crippen LogP contribution < -0.4 is 5.32 Å². The minimum Gasteiger partial charge on any atom is -0.392 e. The molecule has 6 rings (SSSR count). The molecule has 1 aliphatic rings. The van der Waals surface area contributed by atoms with Gasteiger partial charge in [0, 0.05) is 43.2 Å². The molecule has 10 nitrogen and oxygen atoms in total. The van der Waals surface area contributed by atoms with Gasteiger partial charge in [-0.15, -0.1) is 5.10 Å². The van der Waals surface area contributed by atoms with E-state index >= 15 is 0 Å². The van der Waals surface area contributed by atoms with E-state index in [9.17, 15) is 9.90 Å². The lowest BCUT2D eigenvalue weighted by molar-refractivity contribution is -0.268. The van der Waals surface area contributed by atoms with Crippen molar-refractivity contribution in [3.05, 3.63) is 125 Å². The number of hydrogen-bond acceptors (Lipinski definition) is 9. The third-order valence-corrected chi connectivity index (χ3v) is 9.05. The number of rotatable bonds is 10. The van der Waals surface area contributed by atoms with Gasteiger partial charge in [0.15, 0.2) is 6.29 Å². The quantitative estimate of drug-likeness (QED) is 0.200. The predicted molar refractivity (Wildman–Crippen MR) is 170 cm³/mol. The van der Waals surface area contributed by atoms with Crippen molar-refractivity contribution in [3.63, 3.8) is 0 Å². The van der Waals surface area contributed by atoms with Crippen LogP contribution in [0.4, 0.5) is 0 Å². The second-order valence-electron chi connectivity index (χ2n) is 10.9. The molecule has 0 bridgehead atoms. The summed E-state index contributed by atoms with van der Waals surface area (Å²) in [7, 11) is 1.82. The van der Waals surface area contributed by atoms with Crippen LogP contribution in [0.2, 0.25) is 0 Å². The Morgan fingerprint density at radius 1 is 0.978 bits per heavy atom. The van der Waals surface area contributed by atoms with Crippen LogP contribution in [0.5, 0.6) is 0 Å². The van der Waals surface area contributed by atoms with Crippen LogP contribution in [-0.4, -0.2) is 48.1 Å². The summed E-state index contributed by atoms with van der Waals surface area (Å²) in [5.74, 6) is 0.525. The third kappa shape index (κ3) is 7.12. The topological polar surface area (TPSA) is 124 Å². The molecule has 11 heteroatoms. The first-order valence-corrected chi connectivity index (χ1v) is 15.7. The van der Waals surface area contributed by atoms with Crippen LogP contribution in [0.1, 0.15) is 51.9 Å². The van der Waals surface area contributed by atoms with Gasteiger partial charge in [-0.3, -0.25) is 9.78 Å². The van der Waals surface area contributed by atoms with E-state index in [1.54, 1.807) is 41.0 Å². The second-order valence-corrected chi connectivity index (χ2v) is 11.9. The number of carbonyl (C=O) groups is 1. The summed E-state index contributed by atoms with van der Waals surface area (Å²) in [5.41, 5.74) is 6.36. The standard InChI is InChI=1S/C34H34N6O4S/c1-22-30(21-45-34-37-38-39-40(34)2)43-33(44-31(22)25-11-9-23(20-41)10-12-25)26-15-13-24(14-16-26)29-8-4-3-6-27(29)19-36-32(42)28-7-5-17-35-18-28/h3-18,22,30-31,33,41H,19-21H2,1-2H3,(H,36,42)/t22-,30+,31+,33+/m1/s1. The van der Waals surface area contributed by atoms with E-state index in [1.807, 2.05) is 61.6 Å². The maximum Gasteiger partial charge on any atom is 0.253 e. The monoisotopic (exact) mass is 622 g/mol. The first kappa shape index (κ1) is 30.6. The molecule has 1 saturated heterocycles. The molecule has 0 aliphatic carbocycles. The molecule has 0 saturated carbocycles. The number of thioether (sulfide) groups is 1. The molecular formula is C34H34N6O4S. The first-order valence-electron chi connectivity index (χ1n) is 14.7. The molecule has 2 aromatic heterocycles. The summed E-state index contributed by atoms with van der Waals surface area (Å²) in [6, 6.07) is 27.6. The van der Waals surface area contributed by atoms with Crippen LogP contribution in [0.3, 0.4) is 0 Å².